The van der Waals surface area contributed by atoms with Crippen molar-refractivity contribution in [1.29, 1.82) is 0 Å². The summed E-state index contributed by atoms with van der Waals surface area (Å²) in [4.78, 5) is 40.1. The second-order valence-electron chi connectivity index (χ2n) is 7.64. The van der Waals surface area contributed by atoms with Crippen molar-refractivity contribution in [2.75, 3.05) is 26.2 Å². The van der Waals surface area contributed by atoms with Crippen LogP contribution in [0.5, 0.6) is 0 Å². The molecule has 0 bridgehead atoms. The monoisotopic (exact) mass is 396 g/mol. The number of carbonyl (C=O) groups excluding carboxylic acids is 2. The first-order valence-corrected chi connectivity index (χ1v) is 9.82. The van der Waals surface area contributed by atoms with Crippen LogP contribution < -0.4 is 5.63 Å². The van der Waals surface area contributed by atoms with Gasteiger partial charge < -0.3 is 18.6 Å². The predicted octanol–water partition coefficient (Wildman–Crippen LogP) is 2.78. The van der Waals surface area contributed by atoms with Gasteiger partial charge in [-0.1, -0.05) is 0 Å². The zero-order valence-electron chi connectivity index (χ0n) is 16.9. The summed E-state index contributed by atoms with van der Waals surface area (Å²) in [5.41, 5.74) is 3.16. The largest absolute Gasteiger partial charge is 0.464 e. The third-order valence-corrected chi connectivity index (χ3v) is 5.84. The van der Waals surface area contributed by atoms with E-state index in [-0.39, 0.29) is 18.2 Å². The molecule has 152 valence electrons. The molecule has 2 amide bonds. The number of rotatable bonds is 3. The van der Waals surface area contributed by atoms with Gasteiger partial charge in [-0.15, -0.1) is 0 Å². The molecule has 1 saturated heterocycles. The highest BCUT2D eigenvalue weighted by molar-refractivity contribution is 5.96. The van der Waals surface area contributed by atoms with Crippen LogP contribution in [0.3, 0.4) is 0 Å². The Morgan fingerprint density at radius 1 is 1.00 bits per heavy atom. The molecular weight excluding hydrogens is 372 g/mol. The van der Waals surface area contributed by atoms with Gasteiger partial charge in [0.05, 0.1) is 6.26 Å². The van der Waals surface area contributed by atoms with E-state index < -0.39 is 5.63 Å². The fourth-order valence-corrected chi connectivity index (χ4v) is 3.99. The van der Waals surface area contributed by atoms with E-state index in [1.807, 2.05) is 19.9 Å². The predicted molar refractivity (Wildman–Crippen MR) is 109 cm³/mol. The maximum atomic E-state index is 12.6. The van der Waals surface area contributed by atoms with Gasteiger partial charge in [0, 0.05) is 61.9 Å². The number of nitrogens with zero attached hydrogens (tertiary/aromatic N) is 2. The average Bonchev–Trinajstić information content (AvgIpc) is 3.06. The first kappa shape index (κ1) is 19.2. The van der Waals surface area contributed by atoms with Crippen LogP contribution >= 0.6 is 0 Å². The lowest BCUT2D eigenvalue weighted by Gasteiger charge is -2.34. The van der Waals surface area contributed by atoms with Gasteiger partial charge in [0.2, 0.25) is 11.8 Å². The van der Waals surface area contributed by atoms with E-state index in [9.17, 15) is 14.4 Å². The van der Waals surface area contributed by atoms with E-state index in [1.165, 1.54) is 6.92 Å². The second kappa shape index (κ2) is 7.39. The number of carbonyl (C=O) groups is 2. The van der Waals surface area contributed by atoms with Crippen LogP contribution in [0.4, 0.5) is 0 Å². The Morgan fingerprint density at radius 2 is 1.69 bits per heavy atom. The van der Waals surface area contributed by atoms with Crippen molar-refractivity contribution in [3.63, 3.8) is 0 Å². The van der Waals surface area contributed by atoms with E-state index in [1.54, 1.807) is 22.1 Å². The molecule has 29 heavy (non-hydrogen) atoms. The third kappa shape index (κ3) is 3.52. The molecule has 2 aromatic heterocycles. The fourth-order valence-electron chi connectivity index (χ4n) is 3.99. The minimum absolute atomic E-state index is 0.00627. The molecule has 3 heterocycles. The minimum atomic E-state index is -0.410. The number of hydrogen-bond acceptors (Lipinski definition) is 5. The van der Waals surface area contributed by atoms with E-state index in [0.717, 1.165) is 21.9 Å². The minimum Gasteiger partial charge on any atom is -0.464 e. The molecule has 4 rings (SSSR count). The van der Waals surface area contributed by atoms with Crippen LogP contribution in [0.25, 0.3) is 21.9 Å². The summed E-state index contributed by atoms with van der Waals surface area (Å²) in [6.07, 6.45) is 2.25. The molecule has 7 nitrogen and oxygen atoms in total. The smallest absolute Gasteiger partial charge is 0.339 e. The van der Waals surface area contributed by atoms with Gasteiger partial charge >= 0.3 is 5.63 Å². The van der Waals surface area contributed by atoms with Crippen LogP contribution in [-0.2, 0) is 16.0 Å². The van der Waals surface area contributed by atoms with Crippen LogP contribution in [0.1, 0.15) is 30.0 Å². The molecule has 1 aromatic carbocycles. The van der Waals surface area contributed by atoms with Gasteiger partial charge in [-0.2, -0.15) is 0 Å². The number of amides is 2. The number of aryl methyl sites for hydroxylation is 2. The van der Waals surface area contributed by atoms with Crippen molar-refractivity contribution >= 4 is 33.8 Å². The Labute approximate surface area is 167 Å². The van der Waals surface area contributed by atoms with Crippen LogP contribution in [0, 0.1) is 13.8 Å². The zero-order valence-corrected chi connectivity index (χ0v) is 16.9. The van der Waals surface area contributed by atoms with E-state index in [0.29, 0.717) is 49.3 Å². The summed E-state index contributed by atoms with van der Waals surface area (Å²) < 4.78 is 11.0. The van der Waals surface area contributed by atoms with Crippen LogP contribution in [-0.4, -0.2) is 47.8 Å². The van der Waals surface area contributed by atoms with Crippen molar-refractivity contribution < 1.29 is 18.4 Å². The number of hydrogen-bond donors (Lipinski definition) is 0. The lowest BCUT2D eigenvalue weighted by molar-refractivity contribution is -0.138. The summed E-state index contributed by atoms with van der Waals surface area (Å²) >= 11 is 0. The van der Waals surface area contributed by atoms with Gasteiger partial charge in [-0.05, 0) is 37.5 Å². The molecule has 7 heteroatoms. The van der Waals surface area contributed by atoms with E-state index in [4.69, 9.17) is 8.83 Å². The summed E-state index contributed by atoms with van der Waals surface area (Å²) in [6, 6.07) is 3.73. The lowest BCUT2D eigenvalue weighted by Crippen LogP contribution is -2.50. The lowest BCUT2D eigenvalue weighted by atomic mass is 10.0. The van der Waals surface area contributed by atoms with Gasteiger partial charge in [0.1, 0.15) is 11.2 Å². The summed E-state index contributed by atoms with van der Waals surface area (Å²) in [6.45, 7) is 7.57. The van der Waals surface area contributed by atoms with Crippen molar-refractivity contribution in [2.24, 2.45) is 0 Å². The SMILES string of the molecule is CC(=O)N1CCN(C(=O)CCc2c(C)c3cc4c(C)coc4cc3oc2=O)CC1. The first-order chi connectivity index (χ1) is 13.8. The molecule has 1 fully saturated rings. The van der Waals surface area contributed by atoms with E-state index in [2.05, 4.69) is 0 Å². The van der Waals surface area contributed by atoms with Crippen molar-refractivity contribution in [1.82, 2.24) is 9.80 Å². The van der Waals surface area contributed by atoms with Gasteiger partial charge in [-0.3, -0.25) is 9.59 Å². The highest BCUT2D eigenvalue weighted by atomic mass is 16.4. The molecule has 1 aliphatic rings. The number of furan rings is 1. The molecule has 0 saturated carbocycles. The molecule has 1 aliphatic heterocycles. The Morgan fingerprint density at radius 3 is 2.38 bits per heavy atom. The molecule has 0 aliphatic carbocycles. The van der Waals surface area contributed by atoms with Crippen molar-refractivity contribution in [2.45, 2.75) is 33.6 Å². The summed E-state index contributed by atoms with van der Waals surface area (Å²) in [5.74, 6) is 0.0247. The number of benzene rings is 1. The highest BCUT2D eigenvalue weighted by Gasteiger charge is 2.23. The molecule has 0 radical (unpaired) electrons. The molecule has 0 N–H and O–H groups in total. The Balaban J connectivity index is 1.54. The van der Waals surface area contributed by atoms with Crippen molar-refractivity contribution in [3.8, 4) is 0 Å². The Hall–Kier alpha value is -3.09. The molecule has 0 spiro atoms. The van der Waals surface area contributed by atoms with E-state index >= 15 is 0 Å². The fraction of sp³-hybridized carbons (Fsp3) is 0.409. The second-order valence-corrected chi connectivity index (χ2v) is 7.64. The first-order valence-electron chi connectivity index (χ1n) is 9.82. The maximum Gasteiger partial charge on any atom is 0.339 e. The molecule has 0 unspecified atom stereocenters. The zero-order chi connectivity index (χ0) is 20.7. The van der Waals surface area contributed by atoms with Crippen LogP contribution in [0.15, 0.2) is 32.0 Å². The van der Waals surface area contributed by atoms with Gasteiger partial charge in [0.15, 0.2) is 0 Å². The Kier molecular flexibility index (Phi) is 4.90. The summed E-state index contributed by atoms with van der Waals surface area (Å²) in [7, 11) is 0. The molecular formula is C22H24N2O5. The molecule has 0 atom stereocenters. The quantitative estimate of drug-likeness (QED) is 0.636. The highest BCUT2D eigenvalue weighted by Crippen LogP contribution is 2.29. The van der Waals surface area contributed by atoms with Crippen LogP contribution in [0.2, 0.25) is 0 Å². The number of fused-ring (bicyclic) bond motifs is 2. The van der Waals surface area contributed by atoms with Gasteiger partial charge in [0.25, 0.3) is 0 Å². The molecule has 3 aromatic rings. The topological polar surface area (TPSA) is 84.0 Å². The maximum absolute atomic E-state index is 12.6. The van der Waals surface area contributed by atoms with Gasteiger partial charge in [-0.25, -0.2) is 4.79 Å². The van der Waals surface area contributed by atoms with Crippen molar-refractivity contribution in [3.05, 3.63) is 45.5 Å². The average molecular weight is 396 g/mol. The standard InChI is InChI=1S/C22H24N2O5/c1-13-12-28-19-11-20-18(10-17(13)19)14(2)16(22(27)29-20)4-5-21(26)24-8-6-23(7-9-24)15(3)25/h10-12H,4-9H2,1-3H3. The summed E-state index contributed by atoms with van der Waals surface area (Å²) in [5, 5.41) is 1.85. The third-order valence-electron chi connectivity index (χ3n) is 5.84. The number of piperazine rings is 1. The Bertz CT molecular complexity index is 1170. The normalized spacial score (nSPS) is 14.7.